The van der Waals surface area contributed by atoms with Crippen LogP contribution in [0.5, 0.6) is 0 Å². The molecular formula is C15H25N3O. The van der Waals surface area contributed by atoms with Gasteiger partial charge in [-0.2, -0.15) is 5.10 Å². The maximum absolute atomic E-state index is 12.7. The molecule has 1 N–H and O–H groups in total. The Labute approximate surface area is 115 Å². The summed E-state index contributed by atoms with van der Waals surface area (Å²) in [4.78, 5) is 12.7. The van der Waals surface area contributed by atoms with Crippen molar-refractivity contribution in [2.24, 2.45) is 11.3 Å². The monoisotopic (exact) mass is 263 g/mol. The molecule has 2 rings (SSSR count). The van der Waals surface area contributed by atoms with Crippen LogP contribution in [-0.2, 0) is 11.2 Å². The number of hydrogen-bond donors (Lipinski definition) is 1. The first-order valence-electron chi connectivity index (χ1n) is 7.24. The van der Waals surface area contributed by atoms with Crippen molar-refractivity contribution < 1.29 is 4.79 Å². The number of carbonyl (C=O) groups is 1. The summed E-state index contributed by atoms with van der Waals surface area (Å²) < 4.78 is 1.91. The highest BCUT2D eigenvalue weighted by Crippen LogP contribution is 2.36. The standard InChI is InChI=1S/C15H25N3O/c1-11(2)15(6-7-16-10-15)14(19)9-13-5-8-18(17-13)12(3)4/h5,8,11-12,16H,6-7,9-10H2,1-4H3. The second-order valence-electron chi connectivity index (χ2n) is 6.22. The Balaban J connectivity index is 2.11. The second kappa shape index (κ2) is 5.45. The molecule has 19 heavy (non-hydrogen) atoms. The fourth-order valence-corrected chi connectivity index (χ4v) is 2.86. The van der Waals surface area contributed by atoms with Crippen molar-refractivity contribution in [3.63, 3.8) is 0 Å². The van der Waals surface area contributed by atoms with E-state index in [1.807, 2.05) is 16.9 Å². The van der Waals surface area contributed by atoms with Crippen molar-refractivity contribution in [2.45, 2.75) is 46.6 Å². The van der Waals surface area contributed by atoms with Crippen LogP contribution in [0, 0.1) is 11.3 Å². The summed E-state index contributed by atoms with van der Waals surface area (Å²) >= 11 is 0. The number of nitrogens with zero attached hydrogens (tertiary/aromatic N) is 2. The van der Waals surface area contributed by atoms with Gasteiger partial charge in [-0.3, -0.25) is 9.48 Å². The number of nitrogens with one attached hydrogen (secondary N) is 1. The van der Waals surface area contributed by atoms with E-state index in [0.717, 1.165) is 25.2 Å². The lowest BCUT2D eigenvalue weighted by molar-refractivity contribution is -0.129. The van der Waals surface area contributed by atoms with E-state index in [-0.39, 0.29) is 5.41 Å². The van der Waals surface area contributed by atoms with E-state index in [9.17, 15) is 4.79 Å². The highest BCUT2D eigenvalue weighted by atomic mass is 16.1. The van der Waals surface area contributed by atoms with E-state index in [2.05, 4.69) is 38.1 Å². The van der Waals surface area contributed by atoms with E-state index in [0.29, 0.717) is 24.2 Å². The summed E-state index contributed by atoms with van der Waals surface area (Å²) in [7, 11) is 0. The van der Waals surface area contributed by atoms with Crippen LogP contribution in [0.25, 0.3) is 0 Å². The van der Waals surface area contributed by atoms with Crippen molar-refractivity contribution in [1.29, 1.82) is 0 Å². The molecule has 0 aliphatic carbocycles. The quantitative estimate of drug-likeness (QED) is 0.886. The molecule has 1 saturated heterocycles. The van der Waals surface area contributed by atoms with Gasteiger partial charge in [0.25, 0.3) is 0 Å². The summed E-state index contributed by atoms with van der Waals surface area (Å²) in [6.45, 7) is 10.2. The van der Waals surface area contributed by atoms with Gasteiger partial charge in [0.05, 0.1) is 12.1 Å². The summed E-state index contributed by atoms with van der Waals surface area (Å²) in [6, 6.07) is 2.31. The molecule has 1 fully saturated rings. The lowest BCUT2D eigenvalue weighted by atomic mass is 9.72. The lowest BCUT2D eigenvalue weighted by Crippen LogP contribution is -2.39. The van der Waals surface area contributed by atoms with Gasteiger partial charge in [0.15, 0.2) is 0 Å². The molecule has 0 radical (unpaired) electrons. The maximum Gasteiger partial charge on any atom is 0.146 e. The van der Waals surface area contributed by atoms with Gasteiger partial charge in [-0.1, -0.05) is 13.8 Å². The van der Waals surface area contributed by atoms with Crippen LogP contribution in [0.2, 0.25) is 0 Å². The smallest absolute Gasteiger partial charge is 0.146 e. The molecule has 0 aromatic carbocycles. The first-order chi connectivity index (χ1) is 8.95. The van der Waals surface area contributed by atoms with E-state index < -0.39 is 0 Å². The second-order valence-corrected chi connectivity index (χ2v) is 6.22. The largest absolute Gasteiger partial charge is 0.316 e. The van der Waals surface area contributed by atoms with E-state index in [1.54, 1.807) is 0 Å². The Morgan fingerprint density at radius 3 is 2.68 bits per heavy atom. The van der Waals surface area contributed by atoms with E-state index >= 15 is 0 Å². The topological polar surface area (TPSA) is 46.9 Å². The molecule has 4 heteroatoms. The number of aromatic nitrogens is 2. The van der Waals surface area contributed by atoms with Gasteiger partial charge in [-0.05, 0) is 38.8 Å². The van der Waals surface area contributed by atoms with Crippen LogP contribution in [0.4, 0.5) is 0 Å². The van der Waals surface area contributed by atoms with Gasteiger partial charge in [0.1, 0.15) is 5.78 Å². The molecule has 1 aliphatic rings. The van der Waals surface area contributed by atoms with E-state index in [4.69, 9.17) is 0 Å². The molecule has 0 bridgehead atoms. The maximum atomic E-state index is 12.7. The Morgan fingerprint density at radius 1 is 1.47 bits per heavy atom. The van der Waals surface area contributed by atoms with Crippen molar-refractivity contribution in [3.05, 3.63) is 18.0 Å². The third kappa shape index (κ3) is 2.73. The molecule has 1 aromatic heterocycles. The van der Waals surface area contributed by atoms with Crippen molar-refractivity contribution in [1.82, 2.24) is 15.1 Å². The average Bonchev–Trinajstić information content (AvgIpc) is 2.97. The molecule has 0 saturated carbocycles. The van der Waals surface area contributed by atoms with Gasteiger partial charge in [0, 0.05) is 24.2 Å². The number of hydrogen-bond acceptors (Lipinski definition) is 3. The fraction of sp³-hybridized carbons (Fsp3) is 0.733. The summed E-state index contributed by atoms with van der Waals surface area (Å²) in [5, 5.41) is 7.83. The fourth-order valence-electron chi connectivity index (χ4n) is 2.86. The Morgan fingerprint density at radius 2 is 2.21 bits per heavy atom. The molecule has 1 aliphatic heterocycles. The third-order valence-corrected chi connectivity index (χ3v) is 4.38. The van der Waals surface area contributed by atoms with E-state index in [1.165, 1.54) is 0 Å². The highest BCUT2D eigenvalue weighted by molar-refractivity contribution is 5.87. The normalized spacial score (nSPS) is 23.5. The summed E-state index contributed by atoms with van der Waals surface area (Å²) in [5.74, 6) is 0.712. The average molecular weight is 263 g/mol. The van der Waals surface area contributed by atoms with Crippen molar-refractivity contribution in [2.75, 3.05) is 13.1 Å². The van der Waals surface area contributed by atoms with Gasteiger partial charge in [0.2, 0.25) is 0 Å². The third-order valence-electron chi connectivity index (χ3n) is 4.38. The molecule has 1 aromatic rings. The molecule has 0 amide bonds. The first kappa shape index (κ1) is 14.3. The Hall–Kier alpha value is -1.16. The van der Waals surface area contributed by atoms with Crippen LogP contribution in [0.1, 0.15) is 45.9 Å². The van der Waals surface area contributed by atoms with Gasteiger partial charge in [-0.25, -0.2) is 0 Å². The molecule has 1 atom stereocenters. The van der Waals surface area contributed by atoms with Gasteiger partial charge >= 0.3 is 0 Å². The van der Waals surface area contributed by atoms with Crippen LogP contribution in [-0.4, -0.2) is 28.7 Å². The summed E-state index contributed by atoms with van der Waals surface area (Å²) in [5.41, 5.74) is 0.701. The molecule has 1 unspecified atom stereocenters. The Bertz CT molecular complexity index is 442. The Kier molecular flexibility index (Phi) is 4.09. The van der Waals surface area contributed by atoms with Crippen molar-refractivity contribution >= 4 is 5.78 Å². The lowest BCUT2D eigenvalue weighted by Gasteiger charge is -2.30. The molecule has 4 nitrogen and oxygen atoms in total. The highest BCUT2D eigenvalue weighted by Gasteiger charge is 2.43. The number of Topliss-reactive ketones (excluding diaryl/α,β-unsaturated/α-hetero) is 1. The summed E-state index contributed by atoms with van der Waals surface area (Å²) in [6.07, 6.45) is 3.37. The van der Waals surface area contributed by atoms with Crippen molar-refractivity contribution in [3.8, 4) is 0 Å². The number of carbonyl (C=O) groups excluding carboxylic acids is 1. The molecule has 2 heterocycles. The van der Waals surface area contributed by atoms with Gasteiger partial charge in [-0.15, -0.1) is 0 Å². The van der Waals surface area contributed by atoms with Gasteiger partial charge < -0.3 is 5.32 Å². The molecule has 0 spiro atoms. The predicted molar refractivity (Wildman–Crippen MR) is 76.1 cm³/mol. The van der Waals surface area contributed by atoms with Crippen LogP contribution in [0.3, 0.4) is 0 Å². The minimum atomic E-state index is -0.193. The minimum absolute atomic E-state index is 0.193. The predicted octanol–water partition coefficient (Wildman–Crippen LogP) is 2.21. The molecule has 106 valence electrons. The zero-order valence-corrected chi connectivity index (χ0v) is 12.4. The van der Waals surface area contributed by atoms with Crippen LogP contribution >= 0.6 is 0 Å². The number of ketones is 1. The SMILES string of the molecule is CC(C)n1ccc(CC(=O)C2(C(C)C)CCNC2)n1. The first-order valence-corrected chi connectivity index (χ1v) is 7.24. The zero-order chi connectivity index (χ0) is 14.0. The van der Waals surface area contributed by atoms with Crippen LogP contribution < -0.4 is 5.32 Å². The molecular weight excluding hydrogens is 238 g/mol. The minimum Gasteiger partial charge on any atom is -0.316 e. The zero-order valence-electron chi connectivity index (χ0n) is 12.4. The van der Waals surface area contributed by atoms with Crippen LogP contribution in [0.15, 0.2) is 12.3 Å². The number of rotatable bonds is 5.